The molecule has 1 aromatic heterocycles. The molecule has 1 heterocycles. The highest BCUT2D eigenvalue weighted by molar-refractivity contribution is 8.15. The van der Waals surface area contributed by atoms with E-state index in [1.54, 1.807) is 18.9 Å². The molecule has 1 rings (SSSR count). The molecule has 0 N–H and O–H groups in total. The van der Waals surface area contributed by atoms with E-state index >= 15 is 0 Å². The van der Waals surface area contributed by atoms with Crippen LogP contribution in [0.2, 0.25) is 0 Å². The van der Waals surface area contributed by atoms with Crippen LogP contribution in [0.15, 0.2) is 9.59 Å². The van der Waals surface area contributed by atoms with Crippen molar-refractivity contribution < 1.29 is 17.9 Å². The minimum absolute atomic E-state index is 0.0281. The predicted molar refractivity (Wildman–Crippen MR) is 75.5 cm³/mol. The lowest BCUT2D eigenvalue weighted by Gasteiger charge is -2.20. The number of amides is 1. The molecule has 0 saturated heterocycles. The van der Waals surface area contributed by atoms with Gasteiger partial charge in [0, 0.05) is 36.3 Å². The molecular weight excluding hydrogens is 310 g/mol. The third-order valence-corrected chi connectivity index (χ3v) is 5.99. The lowest BCUT2D eigenvalue weighted by molar-refractivity contribution is 0.0706. The van der Waals surface area contributed by atoms with E-state index in [2.05, 4.69) is 0 Å². The lowest BCUT2D eigenvalue weighted by atomic mass is 10.2. The van der Waals surface area contributed by atoms with Crippen molar-refractivity contribution in [3.8, 4) is 0 Å². The van der Waals surface area contributed by atoms with E-state index in [1.165, 1.54) is 5.38 Å². The Bertz CT molecular complexity index is 553. The summed E-state index contributed by atoms with van der Waals surface area (Å²) in [6.07, 6.45) is 0. The van der Waals surface area contributed by atoms with Crippen LogP contribution in [0.3, 0.4) is 0 Å². The number of likely N-dealkylation sites (N-methyl/N-ethyl adjacent to an activating group) is 1. The first kappa shape index (κ1) is 16.4. The lowest BCUT2D eigenvalue weighted by Crippen LogP contribution is -2.33. The molecule has 5 nitrogen and oxygen atoms in total. The molecule has 0 aromatic carbocycles. The molecule has 0 aliphatic rings. The molecule has 8 heteroatoms. The van der Waals surface area contributed by atoms with Crippen molar-refractivity contribution in [1.29, 1.82) is 0 Å². The number of carbonyl (C=O) groups excluding carboxylic acids is 1. The smallest absolute Gasteiger partial charge is 0.271 e. The summed E-state index contributed by atoms with van der Waals surface area (Å²) < 4.78 is 27.6. The van der Waals surface area contributed by atoms with Crippen molar-refractivity contribution in [2.45, 2.75) is 18.1 Å². The molecule has 0 aliphatic heterocycles. The zero-order chi connectivity index (χ0) is 14.6. The summed E-state index contributed by atoms with van der Waals surface area (Å²) in [6.45, 7) is 4.87. The molecular formula is C11H16ClNO4S2. The first-order valence-electron chi connectivity index (χ1n) is 5.63. The minimum Gasteiger partial charge on any atom is -0.383 e. The molecule has 1 aromatic rings. The second kappa shape index (κ2) is 6.69. The van der Waals surface area contributed by atoms with Crippen molar-refractivity contribution in [1.82, 2.24) is 4.90 Å². The van der Waals surface area contributed by atoms with E-state index in [-0.39, 0.29) is 10.1 Å². The Kier molecular flexibility index (Phi) is 5.79. The van der Waals surface area contributed by atoms with Gasteiger partial charge in [0.25, 0.3) is 15.0 Å². The molecule has 0 atom stereocenters. The standard InChI is InChI=1S/C11H16ClNO4S2/c1-4-13(5-6-17-3)10(14)9-7-18-11(8(9)2)19(12,15)16/h7H,4-6H2,1-3H3. The van der Waals surface area contributed by atoms with Gasteiger partial charge in [0.05, 0.1) is 12.2 Å². The molecule has 0 saturated carbocycles. The maximum absolute atomic E-state index is 12.3. The Hall–Kier alpha value is -0.630. The molecule has 0 radical (unpaired) electrons. The van der Waals surface area contributed by atoms with Crippen LogP contribution in [0.4, 0.5) is 0 Å². The highest BCUT2D eigenvalue weighted by atomic mass is 35.7. The maximum Gasteiger partial charge on any atom is 0.271 e. The topological polar surface area (TPSA) is 63.7 Å². The van der Waals surface area contributed by atoms with E-state index in [0.29, 0.717) is 30.8 Å². The number of rotatable bonds is 6. The number of methoxy groups -OCH3 is 1. The van der Waals surface area contributed by atoms with Gasteiger partial charge >= 0.3 is 0 Å². The van der Waals surface area contributed by atoms with Crippen LogP contribution in [0.25, 0.3) is 0 Å². The Morgan fingerprint density at radius 3 is 2.58 bits per heavy atom. The van der Waals surface area contributed by atoms with Gasteiger partial charge in [0.1, 0.15) is 4.21 Å². The summed E-state index contributed by atoms with van der Waals surface area (Å²) in [6, 6.07) is 0. The Labute approximate surface area is 121 Å². The molecule has 108 valence electrons. The van der Waals surface area contributed by atoms with Crippen LogP contribution in [0.5, 0.6) is 0 Å². The molecule has 0 fully saturated rings. The van der Waals surface area contributed by atoms with E-state index in [9.17, 15) is 13.2 Å². The average molecular weight is 326 g/mol. The van der Waals surface area contributed by atoms with E-state index in [1.807, 2.05) is 6.92 Å². The number of halogens is 1. The normalized spacial score (nSPS) is 11.6. The number of nitrogens with zero attached hydrogens (tertiary/aromatic N) is 1. The van der Waals surface area contributed by atoms with Gasteiger partial charge in [-0.15, -0.1) is 11.3 Å². The summed E-state index contributed by atoms with van der Waals surface area (Å²) in [5.41, 5.74) is 0.781. The Balaban J connectivity index is 3.03. The van der Waals surface area contributed by atoms with Crippen molar-refractivity contribution in [3.63, 3.8) is 0 Å². The second-order valence-electron chi connectivity index (χ2n) is 3.88. The molecule has 0 aliphatic carbocycles. The van der Waals surface area contributed by atoms with Crippen molar-refractivity contribution >= 4 is 37.0 Å². The van der Waals surface area contributed by atoms with Gasteiger partial charge in [-0.2, -0.15) is 0 Å². The molecule has 0 bridgehead atoms. The average Bonchev–Trinajstić information content (AvgIpc) is 2.71. The van der Waals surface area contributed by atoms with Gasteiger partial charge in [-0.05, 0) is 19.4 Å². The Morgan fingerprint density at radius 2 is 2.16 bits per heavy atom. The number of ether oxygens (including phenoxy) is 1. The highest BCUT2D eigenvalue weighted by Gasteiger charge is 2.24. The van der Waals surface area contributed by atoms with E-state index < -0.39 is 9.05 Å². The van der Waals surface area contributed by atoms with Gasteiger partial charge in [0.15, 0.2) is 0 Å². The fourth-order valence-electron chi connectivity index (χ4n) is 1.63. The van der Waals surface area contributed by atoms with Crippen LogP contribution in [0.1, 0.15) is 22.8 Å². The van der Waals surface area contributed by atoms with Crippen molar-refractivity contribution in [2.75, 3.05) is 26.8 Å². The molecule has 1 amide bonds. The summed E-state index contributed by atoms with van der Waals surface area (Å²) in [7, 11) is 3.08. The molecule has 0 unspecified atom stereocenters. The number of hydrogen-bond acceptors (Lipinski definition) is 5. The number of thiophene rings is 1. The quantitative estimate of drug-likeness (QED) is 0.751. The van der Waals surface area contributed by atoms with Gasteiger partial charge in [-0.1, -0.05) is 0 Å². The summed E-state index contributed by atoms with van der Waals surface area (Å²) >= 11 is 0.965. The van der Waals surface area contributed by atoms with Crippen molar-refractivity contribution in [2.24, 2.45) is 0 Å². The van der Waals surface area contributed by atoms with Crippen LogP contribution in [-0.4, -0.2) is 46.0 Å². The maximum atomic E-state index is 12.3. The summed E-state index contributed by atoms with van der Waals surface area (Å²) in [4.78, 5) is 13.9. The first-order chi connectivity index (χ1) is 8.82. The van der Waals surface area contributed by atoms with Crippen LogP contribution in [0, 0.1) is 6.92 Å². The second-order valence-corrected chi connectivity index (χ2v) is 7.52. The minimum atomic E-state index is -3.80. The highest BCUT2D eigenvalue weighted by Crippen LogP contribution is 2.30. The van der Waals surface area contributed by atoms with E-state index in [0.717, 1.165) is 11.3 Å². The zero-order valence-electron chi connectivity index (χ0n) is 11.0. The first-order valence-corrected chi connectivity index (χ1v) is 8.82. The van der Waals surface area contributed by atoms with Gasteiger partial charge in [0.2, 0.25) is 0 Å². The van der Waals surface area contributed by atoms with Gasteiger partial charge in [-0.25, -0.2) is 8.42 Å². The number of hydrogen-bond donors (Lipinski definition) is 0. The predicted octanol–water partition coefficient (Wildman–Crippen LogP) is 2.09. The van der Waals surface area contributed by atoms with Gasteiger partial charge < -0.3 is 9.64 Å². The SMILES string of the molecule is CCN(CCOC)C(=O)c1csc(S(=O)(=O)Cl)c1C. The fraction of sp³-hybridized carbons (Fsp3) is 0.545. The molecule has 0 spiro atoms. The summed E-state index contributed by atoms with van der Waals surface area (Å²) in [5, 5.41) is 1.53. The van der Waals surface area contributed by atoms with E-state index in [4.69, 9.17) is 15.4 Å². The van der Waals surface area contributed by atoms with Crippen LogP contribution >= 0.6 is 22.0 Å². The van der Waals surface area contributed by atoms with Crippen molar-refractivity contribution in [3.05, 3.63) is 16.5 Å². The van der Waals surface area contributed by atoms with Crippen LogP contribution in [-0.2, 0) is 13.8 Å². The summed E-state index contributed by atoms with van der Waals surface area (Å²) in [5.74, 6) is -0.208. The third-order valence-electron chi connectivity index (χ3n) is 2.68. The monoisotopic (exact) mass is 325 g/mol. The fourth-order valence-corrected chi connectivity index (χ4v) is 4.17. The zero-order valence-corrected chi connectivity index (χ0v) is 13.4. The molecule has 19 heavy (non-hydrogen) atoms. The largest absolute Gasteiger partial charge is 0.383 e. The number of carbonyl (C=O) groups is 1. The Morgan fingerprint density at radius 1 is 1.53 bits per heavy atom. The van der Waals surface area contributed by atoms with Crippen LogP contribution < -0.4 is 0 Å². The van der Waals surface area contributed by atoms with Gasteiger partial charge in [-0.3, -0.25) is 4.79 Å². The third kappa shape index (κ3) is 3.92.